The molecule has 0 spiro atoms. The molecule has 0 bridgehead atoms. The molecular weight excluding hydrogens is 251 g/mol. The van der Waals surface area contributed by atoms with E-state index in [1.807, 2.05) is 0 Å². The highest BCUT2D eigenvalue weighted by atomic mass is 27.0. The maximum Gasteiger partial charge on any atom is 0.313 e. The average molecular weight is 280 g/mol. The molecule has 0 atom stereocenters. The van der Waals surface area contributed by atoms with Crippen LogP contribution >= 0.6 is 0 Å². The summed E-state index contributed by atoms with van der Waals surface area (Å²) >= 11 is 0. The molecule has 0 aliphatic rings. The van der Waals surface area contributed by atoms with Gasteiger partial charge in [-0.2, -0.15) is 0 Å². The Hall–Kier alpha value is -0.408. The predicted molar refractivity (Wildman–Crippen MR) is 76.6 cm³/mol. The van der Waals surface area contributed by atoms with Crippen molar-refractivity contribution in [3.8, 4) is 0 Å². The van der Waals surface area contributed by atoms with Gasteiger partial charge in [-0.15, -0.1) is 0 Å². The molecule has 0 aromatic carbocycles. The summed E-state index contributed by atoms with van der Waals surface area (Å²) in [5.41, 5.74) is 0. The molecular formula is C12H29AlO5. The predicted octanol–water partition coefficient (Wildman–Crippen LogP) is 0.119. The Balaban J connectivity index is -0.0000000922. The highest BCUT2D eigenvalue weighted by molar-refractivity contribution is 5.94. The minimum absolute atomic E-state index is 0. The van der Waals surface area contributed by atoms with Gasteiger partial charge in [0, 0.05) is 12.2 Å². The number of rotatable bonds is 3. The van der Waals surface area contributed by atoms with E-state index < -0.39 is 5.97 Å². The van der Waals surface area contributed by atoms with Crippen molar-refractivity contribution in [2.75, 3.05) is 6.61 Å². The van der Waals surface area contributed by atoms with Gasteiger partial charge in [0.15, 0.2) is 17.4 Å². The van der Waals surface area contributed by atoms with Crippen LogP contribution in [-0.2, 0) is 14.3 Å². The second-order valence-corrected chi connectivity index (χ2v) is 3.87. The van der Waals surface area contributed by atoms with E-state index in [9.17, 15) is 9.59 Å². The first kappa shape index (κ1) is 26.2. The molecule has 0 aliphatic heterocycles. The number of carbonyl (C=O) groups is 2. The molecule has 0 amide bonds. The molecule has 0 unspecified atom stereocenters. The number of esters is 1. The molecule has 0 aliphatic carbocycles. The first-order chi connectivity index (χ1) is 7.63. The Bertz CT molecular complexity index is 181. The number of Topliss-reactive ketones (excluding diaryl/α,β-unsaturated/α-hetero) is 1. The van der Waals surface area contributed by atoms with Crippen LogP contribution in [0.5, 0.6) is 0 Å². The summed E-state index contributed by atoms with van der Waals surface area (Å²) in [4.78, 5) is 20.6. The van der Waals surface area contributed by atoms with Crippen LogP contribution in [0.4, 0.5) is 0 Å². The second-order valence-electron chi connectivity index (χ2n) is 3.87. The summed E-state index contributed by atoms with van der Waals surface area (Å²) < 4.78 is 4.49. The SMILES string of the molecule is CC(C)O.CC(C)O.CCOC(=O)CC(C)=O.[AlH3]. The Morgan fingerprint density at radius 3 is 1.50 bits per heavy atom. The number of hydrogen-bond donors (Lipinski definition) is 2. The van der Waals surface area contributed by atoms with E-state index in [1.54, 1.807) is 34.6 Å². The standard InChI is InChI=1S/C6H10O3.2C3H8O.Al.3H/c1-3-9-6(8)4-5(2)7;2*1-3(2)4;;;;/h3-4H2,1-2H3;2*3-4H,1-2H3;;;;. The van der Waals surface area contributed by atoms with Crippen LogP contribution < -0.4 is 0 Å². The summed E-state index contributed by atoms with van der Waals surface area (Å²) in [6.45, 7) is 10.3. The van der Waals surface area contributed by atoms with Crippen molar-refractivity contribution in [2.45, 2.75) is 60.2 Å². The minimum Gasteiger partial charge on any atom is -0.466 e. The number of aliphatic hydroxyl groups is 2. The van der Waals surface area contributed by atoms with Crippen molar-refractivity contribution in [1.82, 2.24) is 0 Å². The molecule has 0 saturated heterocycles. The molecule has 0 rings (SSSR count). The lowest BCUT2D eigenvalue weighted by Gasteiger charge is -1.96. The number of hydrogen-bond acceptors (Lipinski definition) is 5. The Labute approximate surface area is 121 Å². The van der Waals surface area contributed by atoms with E-state index >= 15 is 0 Å². The van der Waals surface area contributed by atoms with Crippen molar-refractivity contribution >= 4 is 29.1 Å². The van der Waals surface area contributed by atoms with Gasteiger partial charge in [-0.3, -0.25) is 9.59 Å². The summed E-state index contributed by atoms with van der Waals surface area (Å²) in [6.07, 6.45) is -0.437. The Morgan fingerprint density at radius 1 is 1.06 bits per heavy atom. The fourth-order valence-corrected chi connectivity index (χ4v) is 0.415. The van der Waals surface area contributed by atoms with E-state index in [1.165, 1.54) is 6.92 Å². The van der Waals surface area contributed by atoms with Gasteiger partial charge in [0.2, 0.25) is 0 Å². The molecule has 18 heavy (non-hydrogen) atoms. The number of carbonyl (C=O) groups excluding carboxylic acids is 2. The molecule has 0 heterocycles. The van der Waals surface area contributed by atoms with Crippen molar-refractivity contribution in [3.05, 3.63) is 0 Å². The molecule has 5 nitrogen and oxygen atoms in total. The normalized spacial score (nSPS) is 8.33. The van der Waals surface area contributed by atoms with Crippen LogP contribution in [0, 0.1) is 0 Å². The van der Waals surface area contributed by atoms with Gasteiger partial charge in [-0.1, -0.05) is 0 Å². The van der Waals surface area contributed by atoms with Crippen molar-refractivity contribution in [3.63, 3.8) is 0 Å². The topological polar surface area (TPSA) is 83.8 Å². The molecule has 0 saturated carbocycles. The van der Waals surface area contributed by atoms with E-state index in [2.05, 4.69) is 4.74 Å². The molecule has 110 valence electrons. The number of aliphatic hydroxyl groups excluding tert-OH is 2. The summed E-state index contributed by atoms with van der Waals surface area (Å²) in [7, 11) is 0. The van der Waals surface area contributed by atoms with Crippen molar-refractivity contribution in [1.29, 1.82) is 0 Å². The lowest BCUT2D eigenvalue weighted by atomic mass is 10.3. The van der Waals surface area contributed by atoms with Crippen LogP contribution in [-0.4, -0.2) is 58.1 Å². The third kappa shape index (κ3) is 76.4. The largest absolute Gasteiger partial charge is 0.466 e. The molecule has 0 fully saturated rings. The third-order valence-corrected chi connectivity index (χ3v) is 0.699. The molecule has 0 aromatic rings. The van der Waals surface area contributed by atoms with Crippen molar-refractivity contribution < 1.29 is 24.5 Å². The molecule has 2 N–H and O–H groups in total. The minimum atomic E-state index is -0.440. The lowest BCUT2D eigenvalue weighted by molar-refractivity contribution is -0.145. The summed E-state index contributed by atoms with van der Waals surface area (Å²) in [6, 6.07) is 0. The summed E-state index contributed by atoms with van der Waals surface area (Å²) in [5, 5.41) is 16.1. The fourth-order valence-electron chi connectivity index (χ4n) is 0.415. The first-order valence-electron chi connectivity index (χ1n) is 5.64. The third-order valence-electron chi connectivity index (χ3n) is 0.699. The maximum absolute atomic E-state index is 10.4. The first-order valence-corrected chi connectivity index (χ1v) is 5.64. The maximum atomic E-state index is 10.4. The quantitative estimate of drug-likeness (QED) is 0.436. The van der Waals surface area contributed by atoms with Crippen LogP contribution in [0.2, 0.25) is 0 Å². The van der Waals surface area contributed by atoms with Gasteiger partial charge in [0.1, 0.15) is 12.2 Å². The molecule has 6 heteroatoms. The van der Waals surface area contributed by atoms with Gasteiger partial charge in [0.05, 0.1) is 6.61 Å². The van der Waals surface area contributed by atoms with Crippen LogP contribution in [0.25, 0.3) is 0 Å². The van der Waals surface area contributed by atoms with Crippen LogP contribution in [0.3, 0.4) is 0 Å². The highest BCUT2D eigenvalue weighted by Gasteiger charge is 2.03. The zero-order valence-corrected chi connectivity index (χ0v) is 11.7. The van der Waals surface area contributed by atoms with E-state index in [4.69, 9.17) is 10.2 Å². The fraction of sp³-hybridized carbons (Fsp3) is 0.833. The van der Waals surface area contributed by atoms with Gasteiger partial charge >= 0.3 is 5.97 Å². The Kier molecular flexibility index (Phi) is 27.6. The lowest BCUT2D eigenvalue weighted by Crippen LogP contribution is -2.07. The smallest absolute Gasteiger partial charge is 0.313 e. The second kappa shape index (κ2) is 18.9. The number of ketones is 1. The van der Waals surface area contributed by atoms with Crippen LogP contribution in [0.1, 0.15) is 48.0 Å². The Morgan fingerprint density at radius 2 is 1.33 bits per heavy atom. The van der Waals surface area contributed by atoms with E-state index in [0.717, 1.165) is 0 Å². The monoisotopic (exact) mass is 280 g/mol. The van der Waals surface area contributed by atoms with E-state index in [0.29, 0.717) is 6.61 Å². The van der Waals surface area contributed by atoms with Crippen molar-refractivity contribution in [2.24, 2.45) is 0 Å². The zero-order chi connectivity index (χ0) is 14.4. The molecule has 0 radical (unpaired) electrons. The van der Waals surface area contributed by atoms with Crippen LogP contribution in [0.15, 0.2) is 0 Å². The number of ether oxygens (including phenoxy) is 1. The van der Waals surface area contributed by atoms with E-state index in [-0.39, 0.29) is 41.8 Å². The highest BCUT2D eigenvalue weighted by Crippen LogP contribution is 1.86. The van der Waals surface area contributed by atoms with Gasteiger partial charge in [0.25, 0.3) is 0 Å². The average Bonchev–Trinajstić information content (AvgIpc) is 1.99. The molecule has 0 aromatic heterocycles. The van der Waals surface area contributed by atoms with Gasteiger partial charge in [-0.25, -0.2) is 0 Å². The van der Waals surface area contributed by atoms with Gasteiger partial charge < -0.3 is 14.9 Å². The van der Waals surface area contributed by atoms with Gasteiger partial charge in [-0.05, 0) is 41.5 Å². The zero-order valence-electron chi connectivity index (χ0n) is 11.7. The summed E-state index contributed by atoms with van der Waals surface area (Å²) in [5.74, 6) is -0.599.